The third-order valence-electron chi connectivity index (χ3n) is 4.64. The van der Waals surface area contributed by atoms with Crippen LogP contribution in [0.5, 0.6) is 0 Å². The van der Waals surface area contributed by atoms with Crippen molar-refractivity contribution in [2.45, 2.75) is 24.8 Å². The molecule has 3 atom stereocenters. The van der Waals surface area contributed by atoms with Gasteiger partial charge in [0, 0.05) is 28.8 Å². The number of fused-ring (bicyclic) bond motifs is 3. The lowest BCUT2D eigenvalue weighted by molar-refractivity contribution is 0.0947. The molecule has 106 valence electrons. The Kier molecular flexibility index (Phi) is 3.07. The van der Waals surface area contributed by atoms with Gasteiger partial charge < -0.3 is 5.32 Å². The monoisotopic (exact) mass is 342 g/mol. The number of pyridine rings is 1. The molecule has 1 aromatic carbocycles. The molecule has 1 saturated carbocycles. The zero-order chi connectivity index (χ0) is 14.4. The Morgan fingerprint density at radius 3 is 3.00 bits per heavy atom. The number of benzene rings is 1. The predicted molar refractivity (Wildman–Crippen MR) is 84.2 cm³/mol. The Labute approximate surface area is 131 Å². The van der Waals surface area contributed by atoms with E-state index in [4.69, 9.17) is 0 Å². The van der Waals surface area contributed by atoms with Crippen LogP contribution in [0.25, 0.3) is 0 Å². The van der Waals surface area contributed by atoms with Gasteiger partial charge in [-0.05, 0) is 51.9 Å². The standard InChI is InChI=1S/C17H15BrN2O/c18-14-9-19-8-7-12(14)17(21)20-16-13-6-5-10-3-1-2-4-11(10)15(13)16/h1-4,7-9,13,15-16H,5-6H2,(H,20,21)/t13-,15+,16-/m1/s1. The van der Waals surface area contributed by atoms with Crippen molar-refractivity contribution in [1.29, 1.82) is 0 Å². The molecule has 1 amide bonds. The Balaban J connectivity index is 1.54. The van der Waals surface area contributed by atoms with E-state index in [1.54, 1.807) is 18.5 Å². The van der Waals surface area contributed by atoms with Crippen molar-refractivity contribution in [1.82, 2.24) is 10.3 Å². The maximum Gasteiger partial charge on any atom is 0.252 e. The quantitative estimate of drug-likeness (QED) is 0.909. The molecule has 2 aromatic rings. The zero-order valence-corrected chi connectivity index (χ0v) is 13.0. The largest absolute Gasteiger partial charge is 0.348 e. The molecule has 4 rings (SSSR count). The van der Waals surface area contributed by atoms with Gasteiger partial charge in [0.15, 0.2) is 0 Å². The minimum Gasteiger partial charge on any atom is -0.348 e. The smallest absolute Gasteiger partial charge is 0.252 e. The van der Waals surface area contributed by atoms with Crippen LogP contribution < -0.4 is 5.32 Å². The van der Waals surface area contributed by atoms with Gasteiger partial charge in [-0.1, -0.05) is 24.3 Å². The van der Waals surface area contributed by atoms with Crippen molar-refractivity contribution in [3.05, 3.63) is 63.9 Å². The Bertz CT molecular complexity index is 715. The van der Waals surface area contributed by atoms with E-state index in [0.29, 0.717) is 17.4 Å². The number of nitrogens with zero attached hydrogens (tertiary/aromatic N) is 1. The van der Waals surface area contributed by atoms with Gasteiger partial charge in [-0.3, -0.25) is 9.78 Å². The first-order valence-corrected chi connectivity index (χ1v) is 8.03. The Morgan fingerprint density at radius 2 is 2.14 bits per heavy atom. The fourth-order valence-electron chi connectivity index (χ4n) is 3.55. The summed E-state index contributed by atoms with van der Waals surface area (Å²) in [6.45, 7) is 0. The molecule has 21 heavy (non-hydrogen) atoms. The van der Waals surface area contributed by atoms with Gasteiger partial charge >= 0.3 is 0 Å². The average molecular weight is 343 g/mol. The second kappa shape index (κ2) is 4.95. The third-order valence-corrected chi connectivity index (χ3v) is 5.28. The second-order valence-corrected chi connectivity index (χ2v) is 6.64. The van der Waals surface area contributed by atoms with Crippen LogP contribution in [0.4, 0.5) is 0 Å². The molecule has 1 heterocycles. The molecule has 0 saturated heterocycles. The summed E-state index contributed by atoms with van der Waals surface area (Å²) in [6, 6.07) is 10.6. The van der Waals surface area contributed by atoms with Gasteiger partial charge in [0.05, 0.1) is 5.56 Å². The molecule has 0 bridgehead atoms. The minimum atomic E-state index is -0.0128. The number of amides is 1. The summed E-state index contributed by atoms with van der Waals surface area (Å²) in [5, 5.41) is 3.20. The molecule has 2 aliphatic rings. The lowest BCUT2D eigenvalue weighted by Crippen LogP contribution is -2.27. The molecule has 0 unspecified atom stereocenters. The van der Waals surface area contributed by atoms with Crippen LogP contribution in [-0.4, -0.2) is 16.9 Å². The van der Waals surface area contributed by atoms with Crippen LogP contribution in [0.3, 0.4) is 0 Å². The van der Waals surface area contributed by atoms with Crippen molar-refractivity contribution in [3.8, 4) is 0 Å². The summed E-state index contributed by atoms with van der Waals surface area (Å²) in [7, 11) is 0. The predicted octanol–water partition coefficient (Wildman–Crippen LogP) is 3.30. The summed E-state index contributed by atoms with van der Waals surface area (Å²) >= 11 is 3.39. The normalized spacial score (nSPS) is 25.7. The molecule has 1 N–H and O–H groups in total. The van der Waals surface area contributed by atoms with E-state index in [-0.39, 0.29) is 11.9 Å². The highest BCUT2D eigenvalue weighted by Gasteiger charge is 2.53. The number of halogens is 1. The highest BCUT2D eigenvalue weighted by molar-refractivity contribution is 9.10. The second-order valence-electron chi connectivity index (χ2n) is 5.78. The van der Waals surface area contributed by atoms with E-state index in [1.807, 2.05) is 0 Å². The van der Waals surface area contributed by atoms with Crippen molar-refractivity contribution in [3.63, 3.8) is 0 Å². The van der Waals surface area contributed by atoms with Crippen LogP contribution >= 0.6 is 15.9 Å². The molecule has 2 aliphatic carbocycles. The van der Waals surface area contributed by atoms with Crippen molar-refractivity contribution in [2.75, 3.05) is 0 Å². The summed E-state index contributed by atoms with van der Waals surface area (Å²) < 4.78 is 0.742. The summed E-state index contributed by atoms with van der Waals surface area (Å²) in [6.07, 6.45) is 5.60. The minimum absolute atomic E-state index is 0.0128. The topological polar surface area (TPSA) is 42.0 Å². The first-order chi connectivity index (χ1) is 10.3. The van der Waals surface area contributed by atoms with Crippen LogP contribution in [-0.2, 0) is 6.42 Å². The number of rotatable bonds is 2. The van der Waals surface area contributed by atoms with E-state index in [9.17, 15) is 4.79 Å². The highest BCUT2D eigenvalue weighted by atomic mass is 79.9. The summed E-state index contributed by atoms with van der Waals surface area (Å²) in [4.78, 5) is 16.4. The number of hydrogen-bond donors (Lipinski definition) is 1. The highest BCUT2D eigenvalue weighted by Crippen LogP contribution is 2.54. The van der Waals surface area contributed by atoms with Crippen molar-refractivity contribution < 1.29 is 4.79 Å². The Morgan fingerprint density at radius 1 is 1.29 bits per heavy atom. The first kappa shape index (κ1) is 13.0. The maximum atomic E-state index is 12.4. The van der Waals surface area contributed by atoms with Crippen LogP contribution in [0, 0.1) is 5.92 Å². The number of aryl methyl sites for hydroxylation is 1. The molecule has 0 aliphatic heterocycles. The average Bonchev–Trinajstić information content (AvgIpc) is 3.21. The van der Waals surface area contributed by atoms with Gasteiger partial charge in [-0.2, -0.15) is 0 Å². The van der Waals surface area contributed by atoms with Crippen molar-refractivity contribution in [2.24, 2.45) is 5.92 Å². The summed E-state index contributed by atoms with van der Waals surface area (Å²) in [5.74, 6) is 1.09. The van der Waals surface area contributed by atoms with Gasteiger partial charge in [0.1, 0.15) is 0 Å². The van der Waals surface area contributed by atoms with Crippen LogP contribution in [0.1, 0.15) is 33.8 Å². The van der Waals surface area contributed by atoms with Crippen molar-refractivity contribution >= 4 is 21.8 Å². The fourth-order valence-corrected chi connectivity index (χ4v) is 3.98. The van der Waals surface area contributed by atoms with E-state index in [0.717, 1.165) is 10.9 Å². The molecule has 0 spiro atoms. The van der Waals surface area contributed by atoms with Gasteiger partial charge in [0.25, 0.3) is 5.91 Å². The fraction of sp³-hybridized carbons (Fsp3) is 0.294. The molecule has 4 heteroatoms. The molecular formula is C17H15BrN2O. The SMILES string of the molecule is O=C(N[C@@H]1[C@@H]2CCc3ccccc3[C@@H]21)c1ccncc1Br. The number of carbonyl (C=O) groups excluding carboxylic acids is 1. The third kappa shape index (κ3) is 2.18. The molecule has 1 fully saturated rings. The lowest BCUT2D eigenvalue weighted by atomic mass is 9.92. The van der Waals surface area contributed by atoms with E-state index < -0.39 is 0 Å². The molecule has 0 radical (unpaired) electrons. The Hall–Kier alpha value is -1.68. The first-order valence-electron chi connectivity index (χ1n) is 7.24. The van der Waals surface area contributed by atoms with Gasteiger partial charge in [-0.15, -0.1) is 0 Å². The van der Waals surface area contributed by atoms with Gasteiger partial charge in [-0.25, -0.2) is 0 Å². The zero-order valence-electron chi connectivity index (χ0n) is 11.4. The molecular weight excluding hydrogens is 328 g/mol. The number of carbonyl (C=O) groups is 1. The van der Waals surface area contributed by atoms with E-state index in [2.05, 4.69) is 50.5 Å². The molecule has 3 nitrogen and oxygen atoms in total. The number of aromatic nitrogens is 1. The lowest BCUT2D eigenvalue weighted by Gasteiger charge is -2.13. The molecule has 1 aromatic heterocycles. The van der Waals surface area contributed by atoms with E-state index in [1.165, 1.54) is 17.5 Å². The van der Waals surface area contributed by atoms with Crippen LogP contribution in [0.15, 0.2) is 47.2 Å². The van der Waals surface area contributed by atoms with Gasteiger partial charge in [0.2, 0.25) is 0 Å². The number of hydrogen-bond acceptors (Lipinski definition) is 2. The summed E-state index contributed by atoms with van der Waals surface area (Å²) in [5.41, 5.74) is 3.52. The maximum absolute atomic E-state index is 12.4. The van der Waals surface area contributed by atoms with E-state index >= 15 is 0 Å². The van der Waals surface area contributed by atoms with Crippen LogP contribution in [0.2, 0.25) is 0 Å². The number of nitrogens with one attached hydrogen (secondary N) is 1.